The zero-order chi connectivity index (χ0) is 20.9. The van der Waals surface area contributed by atoms with Crippen molar-refractivity contribution in [3.63, 3.8) is 0 Å². The Balaban J connectivity index is 1.66. The number of ether oxygens (including phenoxy) is 1. The number of hydrazone groups is 1. The predicted molar refractivity (Wildman–Crippen MR) is 118 cm³/mol. The molecule has 0 saturated carbocycles. The molecule has 0 saturated heterocycles. The predicted octanol–water partition coefficient (Wildman–Crippen LogP) is 4.46. The number of benzene rings is 2. The van der Waals surface area contributed by atoms with E-state index < -0.39 is 0 Å². The second kappa shape index (κ2) is 8.53. The van der Waals surface area contributed by atoms with Gasteiger partial charge in [-0.1, -0.05) is 18.2 Å². The Morgan fingerprint density at radius 1 is 1.00 bits per heavy atom. The highest BCUT2D eigenvalue weighted by molar-refractivity contribution is 6.08. The topological polar surface area (TPSA) is 76.5 Å². The highest BCUT2D eigenvalue weighted by atomic mass is 16.5. The first-order valence-electron chi connectivity index (χ1n) is 9.45. The highest BCUT2D eigenvalue weighted by Crippen LogP contribution is 2.24. The molecule has 2 heterocycles. The lowest BCUT2D eigenvalue weighted by Gasteiger charge is -2.09. The number of aromatic nitrogens is 2. The van der Waals surface area contributed by atoms with Gasteiger partial charge in [-0.3, -0.25) is 9.78 Å². The van der Waals surface area contributed by atoms with E-state index in [2.05, 4.69) is 15.5 Å². The van der Waals surface area contributed by atoms with Gasteiger partial charge in [0.25, 0.3) is 5.91 Å². The van der Waals surface area contributed by atoms with E-state index in [-0.39, 0.29) is 5.91 Å². The third-order valence-electron chi connectivity index (χ3n) is 4.77. The summed E-state index contributed by atoms with van der Waals surface area (Å²) >= 11 is 0. The van der Waals surface area contributed by atoms with Crippen LogP contribution in [0.2, 0.25) is 0 Å². The van der Waals surface area contributed by atoms with E-state index in [0.29, 0.717) is 17.0 Å². The van der Waals surface area contributed by atoms with Gasteiger partial charge in [-0.15, -0.1) is 0 Å². The third-order valence-corrected chi connectivity index (χ3v) is 4.77. The molecule has 6 heteroatoms. The average molecular weight is 396 g/mol. The molecule has 0 atom stereocenters. The molecule has 148 valence electrons. The molecular formula is C24H20N4O2. The Kier molecular flexibility index (Phi) is 5.48. The largest absolute Gasteiger partial charge is 0.497 e. The molecule has 4 rings (SSSR count). The summed E-state index contributed by atoms with van der Waals surface area (Å²) in [5.41, 5.74) is 7.12. The van der Waals surface area contributed by atoms with Gasteiger partial charge in [-0.05, 0) is 61.0 Å². The van der Waals surface area contributed by atoms with E-state index in [1.165, 1.54) is 0 Å². The summed E-state index contributed by atoms with van der Waals surface area (Å²) in [4.78, 5) is 21.7. The lowest BCUT2D eigenvalue weighted by atomic mass is 10.0. The molecule has 0 radical (unpaired) electrons. The summed E-state index contributed by atoms with van der Waals surface area (Å²) in [5.74, 6) is 0.472. The smallest absolute Gasteiger partial charge is 0.272 e. The van der Waals surface area contributed by atoms with Crippen molar-refractivity contribution in [2.24, 2.45) is 5.10 Å². The summed E-state index contributed by atoms with van der Waals surface area (Å²) in [7, 11) is 1.62. The van der Waals surface area contributed by atoms with Crippen LogP contribution >= 0.6 is 0 Å². The van der Waals surface area contributed by atoms with Crippen LogP contribution in [0, 0.1) is 0 Å². The summed E-state index contributed by atoms with van der Waals surface area (Å²) in [6.45, 7) is 1.84. The molecule has 1 N–H and O–H groups in total. The minimum atomic E-state index is -0.295. The van der Waals surface area contributed by atoms with Crippen molar-refractivity contribution in [3.05, 3.63) is 90.3 Å². The Morgan fingerprint density at radius 3 is 2.47 bits per heavy atom. The van der Waals surface area contributed by atoms with Gasteiger partial charge < -0.3 is 4.74 Å². The van der Waals surface area contributed by atoms with Crippen LogP contribution in [0.5, 0.6) is 5.75 Å². The van der Waals surface area contributed by atoms with E-state index in [1.807, 2.05) is 67.6 Å². The normalized spacial score (nSPS) is 11.3. The number of nitrogens with one attached hydrogen (secondary N) is 1. The summed E-state index contributed by atoms with van der Waals surface area (Å²) in [6, 6.07) is 20.6. The zero-order valence-electron chi connectivity index (χ0n) is 16.7. The fourth-order valence-electron chi connectivity index (χ4n) is 3.13. The van der Waals surface area contributed by atoms with E-state index in [4.69, 9.17) is 9.72 Å². The zero-order valence-corrected chi connectivity index (χ0v) is 16.7. The van der Waals surface area contributed by atoms with Crippen molar-refractivity contribution in [1.82, 2.24) is 15.4 Å². The molecule has 4 aromatic rings. The number of fused-ring (bicyclic) bond motifs is 1. The summed E-state index contributed by atoms with van der Waals surface area (Å²) in [6.07, 6.45) is 3.41. The van der Waals surface area contributed by atoms with Crippen molar-refractivity contribution >= 4 is 22.5 Å². The molecule has 2 aromatic carbocycles. The SMILES string of the molecule is COc1ccc(/C(C)=N\NC(=O)c2cc(-c3ccncc3)nc3ccccc23)cc1. The molecule has 0 unspecified atom stereocenters. The molecule has 0 aliphatic carbocycles. The molecule has 30 heavy (non-hydrogen) atoms. The van der Waals surface area contributed by atoms with Crippen LogP contribution in [-0.4, -0.2) is 28.7 Å². The van der Waals surface area contributed by atoms with E-state index in [9.17, 15) is 4.79 Å². The van der Waals surface area contributed by atoms with E-state index >= 15 is 0 Å². The first kappa shape index (κ1) is 19.3. The van der Waals surface area contributed by atoms with Crippen LogP contribution in [0.25, 0.3) is 22.2 Å². The Labute approximate surface area is 174 Å². The van der Waals surface area contributed by atoms with E-state index in [1.54, 1.807) is 25.6 Å². The van der Waals surface area contributed by atoms with Gasteiger partial charge in [0.1, 0.15) is 5.75 Å². The number of carbonyl (C=O) groups excluding carboxylic acids is 1. The Morgan fingerprint density at radius 2 is 1.73 bits per heavy atom. The molecule has 0 fully saturated rings. The number of amides is 1. The average Bonchev–Trinajstić information content (AvgIpc) is 2.82. The fraction of sp³-hybridized carbons (Fsp3) is 0.0833. The second-order valence-corrected chi connectivity index (χ2v) is 6.67. The molecule has 2 aromatic heterocycles. The number of hydrogen-bond donors (Lipinski definition) is 1. The van der Waals surface area contributed by atoms with Crippen molar-refractivity contribution < 1.29 is 9.53 Å². The molecular weight excluding hydrogens is 376 g/mol. The number of hydrogen-bond acceptors (Lipinski definition) is 5. The quantitative estimate of drug-likeness (QED) is 0.399. The standard InChI is InChI=1S/C24H20N4O2/c1-16(17-7-9-19(30-2)10-8-17)27-28-24(29)21-15-23(18-11-13-25-14-12-18)26-22-6-4-3-5-20(21)22/h3-15H,1-2H3,(H,28,29)/b27-16-. The maximum absolute atomic E-state index is 13.0. The number of carbonyl (C=O) groups is 1. The van der Waals surface area contributed by atoms with Gasteiger partial charge in [-0.25, -0.2) is 10.4 Å². The Hall–Kier alpha value is -4.06. The number of para-hydroxylation sites is 1. The van der Waals surface area contributed by atoms with Crippen LogP contribution in [0.3, 0.4) is 0 Å². The number of rotatable bonds is 5. The van der Waals surface area contributed by atoms with Crippen LogP contribution in [0.4, 0.5) is 0 Å². The van der Waals surface area contributed by atoms with Crippen LogP contribution < -0.4 is 10.2 Å². The van der Waals surface area contributed by atoms with Gasteiger partial charge in [-0.2, -0.15) is 5.10 Å². The first-order chi connectivity index (χ1) is 14.7. The molecule has 6 nitrogen and oxygen atoms in total. The third kappa shape index (κ3) is 4.03. The maximum Gasteiger partial charge on any atom is 0.272 e. The van der Waals surface area contributed by atoms with Crippen molar-refractivity contribution in [2.45, 2.75) is 6.92 Å². The van der Waals surface area contributed by atoms with Gasteiger partial charge in [0.2, 0.25) is 0 Å². The maximum atomic E-state index is 13.0. The minimum absolute atomic E-state index is 0.295. The van der Waals surface area contributed by atoms with Crippen molar-refractivity contribution in [2.75, 3.05) is 7.11 Å². The fourth-order valence-corrected chi connectivity index (χ4v) is 3.13. The van der Waals surface area contributed by atoms with Gasteiger partial charge in [0.15, 0.2) is 0 Å². The molecule has 0 aliphatic heterocycles. The lowest BCUT2D eigenvalue weighted by Crippen LogP contribution is -2.20. The second-order valence-electron chi connectivity index (χ2n) is 6.67. The number of nitrogens with zero attached hydrogens (tertiary/aromatic N) is 3. The molecule has 0 bridgehead atoms. The summed E-state index contributed by atoms with van der Waals surface area (Å²) < 4.78 is 5.17. The molecule has 0 aliphatic rings. The van der Waals surface area contributed by atoms with E-state index in [0.717, 1.165) is 27.8 Å². The van der Waals surface area contributed by atoms with Crippen molar-refractivity contribution in [1.29, 1.82) is 0 Å². The van der Waals surface area contributed by atoms with Crippen LogP contribution in [-0.2, 0) is 0 Å². The molecule has 1 amide bonds. The monoisotopic (exact) mass is 396 g/mol. The summed E-state index contributed by atoms with van der Waals surface area (Å²) in [5, 5.41) is 5.05. The van der Waals surface area contributed by atoms with Crippen LogP contribution in [0.15, 0.2) is 84.2 Å². The number of pyridine rings is 2. The lowest BCUT2D eigenvalue weighted by molar-refractivity contribution is 0.0956. The minimum Gasteiger partial charge on any atom is -0.497 e. The van der Waals surface area contributed by atoms with Crippen molar-refractivity contribution in [3.8, 4) is 17.0 Å². The first-order valence-corrected chi connectivity index (χ1v) is 9.45. The Bertz CT molecular complexity index is 1220. The molecule has 0 spiro atoms. The highest BCUT2D eigenvalue weighted by Gasteiger charge is 2.14. The van der Waals surface area contributed by atoms with Crippen LogP contribution in [0.1, 0.15) is 22.8 Å². The van der Waals surface area contributed by atoms with Gasteiger partial charge in [0, 0.05) is 23.3 Å². The van der Waals surface area contributed by atoms with Gasteiger partial charge >= 0.3 is 0 Å². The van der Waals surface area contributed by atoms with Gasteiger partial charge in [0.05, 0.1) is 29.6 Å². The number of methoxy groups -OCH3 is 1.